The molecule has 0 saturated heterocycles. The maximum absolute atomic E-state index is 11.8. The summed E-state index contributed by atoms with van der Waals surface area (Å²) < 4.78 is 5.12. The number of hydrogen-bond donors (Lipinski definition) is 1. The zero-order valence-corrected chi connectivity index (χ0v) is 14.8. The Bertz CT molecular complexity index is 610. The van der Waals surface area contributed by atoms with Crippen LogP contribution in [0.15, 0.2) is 30.9 Å². The molecule has 0 bridgehead atoms. The summed E-state index contributed by atoms with van der Waals surface area (Å²) in [6, 6.07) is 2.35. The molecule has 0 aliphatic rings. The van der Waals surface area contributed by atoms with Crippen molar-refractivity contribution in [1.29, 1.82) is 0 Å². The monoisotopic (exact) mass is 398 g/mol. The van der Waals surface area contributed by atoms with Crippen molar-refractivity contribution in [2.45, 2.75) is 19.1 Å². The van der Waals surface area contributed by atoms with E-state index in [9.17, 15) is 4.79 Å². The number of nitrogens with zero attached hydrogens (tertiary/aromatic N) is 3. The summed E-state index contributed by atoms with van der Waals surface area (Å²) in [6.45, 7) is 0.0276. The molecule has 0 aliphatic carbocycles. The minimum atomic E-state index is -0.788. The Morgan fingerprint density at radius 1 is 1.13 bits per heavy atom. The van der Waals surface area contributed by atoms with Crippen LogP contribution in [0.2, 0.25) is 10.3 Å². The van der Waals surface area contributed by atoms with Crippen molar-refractivity contribution in [3.05, 3.63) is 52.3 Å². The Morgan fingerprint density at radius 2 is 1.70 bits per heavy atom. The summed E-state index contributed by atoms with van der Waals surface area (Å²) in [4.78, 5) is 23.3. The molecule has 0 saturated carbocycles. The second-order valence-electron chi connectivity index (χ2n) is 4.29. The predicted molar refractivity (Wildman–Crippen MR) is 92.3 cm³/mol. The molecule has 2 rings (SSSR count). The largest absolute Gasteiger partial charge is 0.460 e. The standard InChI is InChI=1S/C13H12Cl2N4O2.2ClH/c14-11-2-8(3-12(15)19-11)6-21-13(20)10(16)1-9-4-17-7-18-5-9;;/h2-5,7,10H,1,6,16H2;2*1H/t10-;;/m0../s1. The normalized spacial score (nSPS) is 10.9. The number of pyridine rings is 1. The van der Waals surface area contributed by atoms with Crippen LogP contribution in [0, 0.1) is 0 Å². The van der Waals surface area contributed by atoms with Gasteiger partial charge in [-0.05, 0) is 23.3 Å². The molecule has 2 N–H and O–H groups in total. The van der Waals surface area contributed by atoms with Crippen molar-refractivity contribution in [2.24, 2.45) is 5.73 Å². The number of carbonyl (C=O) groups excluding carboxylic acids is 1. The van der Waals surface area contributed by atoms with E-state index in [1.165, 1.54) is 6.33 Å². The molecular formula is C13H14Cl4N4O2. The molecule has 0 amide bonds. The second-order valence-corrected chi connectivity index (χ2v) is 5.06. The molecule has 2 aromatic rings. The fourth-order valence-corrected chi connectivity index (χ4v) is 2.14. The number of carbonyl (C=O) groups is 1. The summed E-state index contributed by atoms with van der Waals surface area (Å²) in [5.74, 6) is -0.525. The summed E-state index contributed by atoms with van der Waals surface area (Å²) in [5, 5.41) is 0.471. The molecule has 0 aliphatic heterocycles. The first-order chi connectivity index (χ1) is 10.0. The average molecular weight is 400 g/mol. The molecule has 23 heavy (non-hydrogen) atoms. The van der Waals surface area contributed by atoms with Crippen LogP contribution in [0.5, 0.6) is 0 Å². The zero-order valence-electron chi connectivity index (χ0n) is 11.7. The molecule has 6 nitrogen and oxygen atoms in total. The van der Waals surface area contributed by atoms with Crippen LogP contribution >= 0.6 is 48.0 Å². The van der Waals surface area contributed by atoms with E-state index >= 15 is 0 Å². The van der Waals surface area contributed by atoms with E-state index in [1.807, 2.05) is 0 Å². The Hall–Kier alpha value is -1.18. The molecule has 0 aromatic carbocycles. The van der Waals surface area contributed by atoms with Crippen LogP contribution in [0.3, 0.4) is 0 Å². The maximum Gasteiger partial charge on any atom is 0.323 e. The van der Waals surface area contributed by atoms with Crippen LogP contribution in [-0.4, -0.2) is 27.0 Å². The molecule has 2 heterocycles. The number of nitrogens with two attached hydrogens (primary N) is 1. The minimum absolute atomic E-state index is 0. The lowest BCUT2D eigenvalue weighted by molar-refractivity contribution is -0.146. The van der Waals surface area contributed by atoms with E-state index < -0.39 is 12.0 Å². The Morgan fingerprint density at radius 3 is 2.26 bits per heavy atom. The topological polar surface area (TPSA) is 91.0 Å². The summed E-state index contributed by atoms with van der Waals surface area (Å²) in [7, 11) is 0. The van der Waals surface area contributed by atoms with Crippen LogP contribution in [0.25, 0.3) is 0 Å². The molecule has 0 spiro atoms. The van der Waals surface area contributed by atoms with Gasteiger partial charge in [-0.25, -0.2) is 15.0 Å². The number of hydrogen-bond acceptors (Lipinski definition) is 6. The van der Waals surface area contributed by atoms with E-state index in [4.69, 9.17) is 33.7 Å². The molecule has 0 fully saturated rings. The predicted octanol–water partition coefficient (Wildman–Crippen LogP) is 2.64. The van der Waals surface area contributed by atoms with E-state index in [0.29, 0.717) is 12.0 Å². The van der Waals surface area contributed by atoms with Crippen molar-refractivity contribution in [3.8, 4) is 0 Å². The molecule has 0 unspecified atom stereocenters. The fraction of sp³-hybridized carbons (Fsp3) is 0.231. The maximum atomic E-state index is 11.8. The van der Waals surface area contributed by atoms with Gasteiger partial charge >= 0.3 is 5.97 Å². The van der Waals surface area contributed by atoms with Gasteiger partial charge in [0.1, 0.15) is 29.3 Å². The highest BCUT2D eigenvalue weighted by Crippen LogP contribution is 2.15. The summed E-state index contributed by atoms with van der Waals surface area (Å²) in [5.41, 5.74) is 7.18. The average Bonchev–Trinajstić information content (AvgIpc) is 2.44. The second kappa shape index (κ2) is 10.6. The summed E-state index contributed by atoms with van der Waals surface area (Å²) in [6.07, 6.45) is 4.91. The van der Waals surface area contributed by atoms with Crippen molar-refractivity contribution in [2.75, 3.05) is 0 Å². The lowest BCUT2D eigenvalue weighted by Gasteiger charge is -2.11. The zero-order chi connectivity index (χ0) is 15.2. The van der Waals surface area contributed by atoms with Crippen molar-refractivity contribution >= 4 is 54.0 Å². The smallest absolute Gasteiger partial charge is 0.323 e. The molecule has 10 heteroatoms. The quantitative estimate of drug-likeness (QED) is 0.613. The first kappa shape index (κ1) is 21.8. The van der Waals surface area contributed by atoms with Gasteiger partial charge in [0.05, 0.1) is 0 Å². The van der Waals surface area contributed by atoms with Gasteiger partial charge in [0.15, 0.2) is 0 Å². The lowest BCUT2D eigenvalue weighted by Crippen LogP contribution is -2.34. The molecule has 1 atom stereocenters. The van der Waals surface area contributed by atoms with E-state index in [-0.39, 0.29) is 41.7 Å². The van der Waals surface area contributed by atoms with Gasteiger partial charge < -0.3 is 10.5 Å². The highest BCUT2D eigenvalue weighted by molar-refractivity contribution is 6.32. The molecule has 0 radical (unpaired) electrons. The highest BCUT2D eigenvalue weighted by Gasteiger charge is 2.16. The van der Waals surface area contributed by atoms with Crippen LogP contribution in [-0.2, 0) is 22.6 Å². The van der Waals surface area contributed by atoms with Gasteiger partial charge in [-0.2, -0.15) is 0 Å². The first-order valence-corrected chi connectivity index (χ1v) is 6.78. The Labute approximate surface area is 155 Å². The van der Waals surface area contributed by atoms with Gasteiger partial charge in [-0.3, -0.25) is 4.79 Å². The van der Waals surface area contributed by atoms with Gasteiger partial charge in [-0.1, -0.05) is 23.2 Å². The number of halogens is 4. The van der Waals surface area contributed by atoms with Crippen LogP contribution < -0.4 is 5.73 Å². The van der Waals surface area contributed by atoms with E-state index in [2.05, 4.69) is 15.0 Å². The molecular weight excluding hydrogens is 386 g/mol. The molecule has 2 aromatic heterocycles. The van der Waals surface area contributed by atoms with Gasteiger partial charge in [0.2, 0.25) is 0 Å². The third-order valence-electron chi connectivity index (χ3n) is 2.58. The number of aromatic nitrogens is 3. The van der Waals surface area contributed by atoms with Crippen LogP contribution in [0.4, 0.5) is 0 Å². The number of rotatable bonds is 5. The highest BCUT2D eigenvalue weighted by atomic mass is 35.5. The lowest BCUT2D eigenvalue weighted by atomic mass is 10.1. The number of ether oxygens (including phenoxy) is 1. The van der Waals surface area contributed by atoms with E-state index in [1.54, 1.807) is 24.5 Å². The third kappa shape index (κ3) is 7.28. The Balaban J connectivity index is 0.00000242. The molecule has 126 valence electrons. The Kier molecular flexibility index (Phi) is 10.0. The van der Waals surface area contributed by atoms with Crippen molar-refractivity contribution < 1.29 is 9.53 Å². The van der Waals surface area contributed by atoms with Crippen molar-refractivity contribution in [1.82, 2.24) is 15.0 Å². The first-order valence-electron chi connectivity index (χ1n) is 6.02. The van der Waals surface area contributed by atoms with Gasteiger partial charge in [-0.15, -0.1) is 24.8 Å². The van der Waals surface area contributed by atoms with Gasteiger partial charge in [0, 0.05) is 18.8 Å². The van der Waals surface area contributed by atoms with Crippen molar-refractivity contribution in [3.63, 3.8) is 0 Å². The number of esters is 1. The van der Waals surface area contributed by atoms with Gasteiger partial charge in [0.25, 0.3) is 0 Å². The summed E-state index contributed by atoms with van der Waals surface area (Å²) >= 11 is 11.5. The van der Waals surface area contributed by atoms with Crippen LogP contribution in [0.1, 0.15) is 11.1 Å². The SMILES string of the molecule is Cl.Cl.N[C@@H](Cc1cncnc1)C(=O)OCc1cc(Cl)nc(Cl)c1. The minimum Gasteiger partial charge on any atom is -0.460 e. The third-order valence-corrected chi connectivity index (χ3v) is 2.96. The van der Waals surface area contributed by atoms with E-state index in [0.717, 1.165) is 5.56 Å². The fourth-order valence-electron chi connectivity index (χ4n) is 1.63.